The Morgan fingerprint density at radius 3 is 2.65 bits per heavy atom. The fraction of sp³-hybridized carbons (Fsp3) is 0.200. The fourth-order valence-electron chi connectivity index (χ4n) is 1.86. The molecule has 1 unspecified atom stereocenters. The number of halogens is 1. The predicted octanol–water partition coefficient (Wildman–Crippen LogP) is 3.12. The number of rotatable bonds is 3. The zero-order chi connectivity index (χ0) is 14.7. The summed E-state index contributed by atoms with van der Waals surface area (Å²) in [6, 6.07) is 10.0. The highest BCUT2D eigenvalue weighted by Crippen LogP contribution is 2.16. The molecular weight excluding hydrogens is 320 g/mol. The van der Waals surface area contributed by atoms with Crippen molar-refractivity contribution in [3.8, 4) is 0 Å². The number of nitrogens with one attached hydrogen (secondary N) is 1. The molecule has 0 aliphatic rings. The van der Waals surface area contributed by atoms with Crippen LogP contribution in [0.2, 0.25) is 0 Å². The highest BCUT2D eigenvalue weighted by Gasteiger charge is 2.16. The van der Waals surface area contributed by atoms with E-state index in [0.29, 0.717) is 0 Å². The standard InChI is InChI=1S/C15H15BrN2O2/c1-10-5-3-4-6-13(10)17-15(20)11(2)18-9-12(16)7-8-14(18)19/h3-9,11H,1-2H3,(H,17,20). The van der Waals surface area contributed by atoms with Gasteiger partial charge >= 0.3 is 0 Å². The summed E-state index contributed by atoms with van der Waals surface area (Å²) in [5.41, 5.74) is 1.53. The molecule has 1 amide bonds. The molecule has 1 heterocycles. The number of hydrogen-bond donors (Lipinski definition) is 1. The first-order valence-corrected chi connectivity index (χ1v) is 7.02. The number of carbonyl (C=O) groups excluding carboxylic acids is 1. The summed E-state index contributed by atoms with van der Waals surface area (Å²) in [6.07, 6.45) is 1.62. The lowest BCUT2D eigenvalue weighted by Gasteiger charge is -2.16. The summed E-state index contributed by atoms with van der Waals surface area (Å²) in [7, 11) is 0. The van der Waals surface area contributed by atoms with E-state index in [1.807, 2.05) is 31.2 Å². The maximum atomic E-state index is 12.2. The van der Waals surface area contributed by atoms with Crippen LogP contribution in [0, 0.1) is 6.92 Å². The molecule has 1 aromatic heterocycles. The van der Waals surface area contributed by atoms with Crippen LogP contribution in [0.25, 0.3) is 0 Å². The van der Waals surface area contributed by atoms with Crippen LogP contribution in [-0.2, 0) is 4.79 Å². The summed E-state index contributed by atoms with van der Waals surface area (Å²) in [4.78, 5) is 24.0. The van der Waals surface area contributed by atoms with Gasteiger partial charge in [-0.2, -0.15) is 0 Å². The Labute approximate surface area is 125 Å². The van der Waals surface area contributed by atoms with Crippen molar-refractivity contribution >= 4 is 27.5 Å². The summed E-state index contributed by atoms with van der Waals surface area (Å²) >= 11 is 3.30. The van der Waals surface area contributed by atoms with Crippen molar-refractivity contribution < 1.29 is 4.79 Å². The Hall–Kier alpha value is -1.88. The third kappa shape index (κ3) is 3.17. The number of aromatic nitrogens is 1. The molecule has 0 aliphatic heterocycles. The Morgan fingerprint density at radius 2 is 1.95 bits per heavy atom. The zero-order valence-corrected chi connectivity index (χ0v) is 12.8. The second-order valence-corrected chi connectivity index (χ2v) is 5.49. The molecule has 0 spiro atoms. The van der Waals surface area contributed by atoms with Crippen LogP contribution in [-0.4, -0.2) is 10.5 Å². The molecule has 1 N–H and O–H groups in total. The summed E-state index contributed by atoms with van der Waals surface area (Å²) < 4.78 is 2.16. The van der Waals surface area contributed by atoms with Crippen molar-refractivity contribution in [2.45, 2.75) is 19.9 Å². The van der Waals surface area contributed by atoms with Crippen molar-refractivity contribution in [1.29, 1.82) is 0 Å². The smallest absolute Gasteiger partial charge is 0.251 e. The van der Waals surface area contributed by atoms with E-state index in [-0.39, 0.29) is 11.5 Å². The summed E-state index contributed by atoms with van der Waals surface area (Å²) in [6.45, 7) is 3.62. The molecule has 20 heavy (non-hydrogen) atoms. The largest absolute Gasteiger partial charge is 0.324 e. The van der Waals surface area contributed by atoms with Gasteiger partial charge in [0.25, 0.3) is 5.56 Å². The van der Waals surface area contributed by atoms with Gasteiger partial charge in [0.05, 0.1) is 0 Å². The molecule has 2 aromatic rings. The third-order valence-electron chi connectivity index (χ3n) is 3.10. The average Bonchev–Trinajstić information content (AvgIpc) is 2.43. The fourth-order valence-corrected chi connectivity index (χ4v) is 2.21. The van der Waals surface area contributed by atoms with Crippen LogP contribution < -0.4 is 10.9 Å². The van der Waals surface area contributed by atoms with Crippen LogP contribution in [0.5, 0.6) is 0 Å². The normalized spacial score (nSPS) is 11.9. The predicted molar refractivity (Wildman–Crippen MR) is 82.9 cm³/mol. The molecule has 0 bridgehead atoms. The van der Waals surface area contributed by atoms with Gasteiger partial charge in [-0.05, 0) is 47.5 Å². The van der Waals surface area contributed by atoms with E-state index in [2.05, 4.69) is 21.2 Å². The molecule has 0 aliphatic carbocycles. The third-order valence-corrected chi connectivity index (χ3v) is 3.57. The van der Waals surface area contributed by atoms with Gasteiger partial charge in [0, 0.05) is 22.4 Å². The minimum atomic E-state index is -0.584. The Kier molecular flexibility index (Phi) is 4.39. The average molecular weight is 335 g/mol. The monoisotopic (exact) mass is 334 g/mol. The number of pyridine rings is 1. The van der Waals surface area contributed by atoms with E-state index in [1.54, 1.807) is 19.2 Å². The number of para-hydroxylation sites is 1. The highest BCUT2D eigenvalue weighted by molar-refractivity contribution is 9.10. The van der Waals surface area contributed by atoms with Gasteiger partial charge in [-0.15, -0.1) is 0 Å². The quantitative estimate of drug-likeness (QED) is 0.937. The van der Waals surface area contributed by atoms with E-state index in [0.717, 1.165) is 15.7 Å². The molecule has 104 valence electrons. The number of amides is 1. The first-order valence-electron chi connectivity index (χ1n) is 6.23. The SMILES string of the molecule is Cc1ccccc1NC(=O)C(C)n1cc(Br)ccc1=O. The molecule has 0 radical (unpaired) electrons. The van der Waals surface area contributed by atoms with Gasteiger partial charge in [0.1, 0.15) is 6.04 Å². The van der Waals surface area contributed by atoms with Gasteiger partial charge in [-0.1, -0.05) is 18.2 Å². The van der Waals surface area contributed by atoms with E-state index in [9.17, 15) is 9.59 Å². The summed E-state index contributed by atoms with van der Waals surface area (Å²) in [5, 5.41) is 2.84. The molecule has 0 saturated heterocycles. The molecule has 2 rings (SSSR count). The van der Waals surface area contributed by atoms with Gasteiger partial charge in [0.15, 0.2) is 0 Å². The molecule has 0 fully saturated rings. The molecular formula is C15H15BrN2O2. The highest BCUT2D eigenvalue weighted by atomic mass is 79.9. The minimum absolute atomic E-state index is 0.208. The first-order chi connectivity index (χ1) is 9.49. The van der Waals surface area contributed by atoms with Gasteiger partial charge in [-0.25, -0.2) is 0 Å². The molecule has 1 atom stereocenters. The van der Waals surface area contributed by atoms with E-state index >= 15 is 0 Å². The number of carbonyl (C=O) groups is 1. The Morgan fingerprint density at radius 1 is 1.25 bits per heavy atom. The van der Waals surface area contributed by atoms with E-state index in [4.69, 9.17) is 0 Å². The van der Waals surface area contributed by atoms with Crippen LogP contribution >= 0.6 is 15.9 Å². The van der Waals surface area contributed by atoms with Crippen molar-refractivity contribution in [3.05, 3.63) is 63.0 Å². The molecule has 5 heteroatoms. The number of anilines is 1. The molecule has 1 aromatic carbocycles. The van der Waals surface area contributed by atoms with Crippen LogP contribution in [0.3, 0.4) is 0 Å². The summed E-state index contributed by atoms with van der Waals surface area (Å²) in [5.74, 6) is -0.223. The number of aryl methyl sites for hydroxylation is 1. The Balaban J connectivity index is 2.23. The van der Waals surface area contributed by atoms with Gasteiger partial charge < -0.3 is 9.88 Å². The van der Waals surface area contributed by atoms with Crippen molar-refractivity contribution in [1.82, 2.24) is 4.57 Å². The van der Waals surface area contributed by atoms with Crippen molar-refractivity contribution in [3.63, 3.8) is 0 Å². The van der Waals surface area contributed by atoms with Crippen LogP contribution in [0.4, 0.5) is 5.69 Å². The lowest BCUT2D eigenvalue weighted by molar-refractivity contribution is -0.118. The van der Waals surface area contributed by atoms with Gasteiger partial charge in [-0.3, -0.25) is 9.59 Å². The first kappa shape index (κ1) is 14.5. The number of hydrogen-bond acceptors (Lipinski definition) is 2. The van der Waals surface area contributed by atoms with Crippen molar-refractivity contribution in [2.75, 3.05) is 5.32 Å². The van der Waals surface area contributed by atoms with E-state index < -0.39 is 6.04 Å². The maximum Gasteiger partial charge on any atom is 0.251 e. The Bertz CT molecular complexity index is 694. The minimum Gasteiger partial charge on any atom is -0.324 e. The van der Waals surface area contributed by atoms with Gasteiger partial charge in [0.2, 0.25) is 5.91 Å². The number of benzene rings is 1. The molecule has 4 nitrogen and oxygen atoms in total. The second kappa shape index (κ2) is 6.05. The van der Waals surface area contributed by atoms with Crippen molar-refractivity contribution in [2.24, 2.45) is 0 Å². The second-order valence-electron chi connectivity index (χ2n) is 4.57. The topological polar surface area (TPSA) is 51.1 Å². The number of nitrogens with zero attached hydrogens (tertiary/aromatic N) is 1. The lowest BCUT2D eigenvalue weighted by atomic mass is 10.2. The van der Waals surface area contributed by atoms with Crippen LogP contribution in [0.15, 0.2) is 51.9 Å². The zero-order valence-electron chi connectivity index (χ0n) is 11.3. The lowest BCUT2D eigenvalue weighted by Crippen LogP contribution is -2.31. The van der Waals surface area contributed by atoms with E-state index in [1.165, 1.54) is 10.6 Å². The molecule has 0 saturated carbocycles. The maximum absolute atomic E-state index is 12.2. The van der Waals surface area contributed by atoms with Crippen LogP contribution in [0.1, 0.15) is 18.5 Å².